The standard InChI is InChI=1S/C23H23FN6OS.C6H7FN2/c1-14-7-21(27-17-5-3-16(24)4-6-17)15(9-25)8-18(14)23-13-30(11-19(23)20(23)12-31)32-22-10-26-29(2)28-22;1-8-6-3-2-5(7)4-9-6/h3-10,12,19-20,25,27H,11,13H2,1-2H3;2-4H,1H3,(H,8,9). The number of aryl methyl sites for hydroxylation is 2. The van der Waals surface area contributed by atoms with Crippen molar-refractivity contribution in [2.45, 2.75) is 17.4 Å². The van der Waals surface area contributed by atoms with Crippen molar-refractivity contribution in [3.05, 3.63) is 89.2 Å². The summed E-state index contributed by atoms with van der Waals surface area (Å²) in [5.74, 6) is 0.301. The number of halogens is 2. The summed E-state index contributed by atoms with van der Waals surface area (Å²) < 4.78 is 27.6. The number of fused-ring (bicyclic) bond motifs is 1. The van der Waals surface area contributed by atoms with Gasteiger partial charge in [0.25, 0.3) is 0 Å². The van der Waals surface area contributed by atoms with Gasteiger partial charge in [-0.3, -0.25) is 0 Å². The largest absolute Gasteiger partial charge is 0.373 e. The van der Waals surface area contributed by atoms with Gasteiger partial charge in [0, 0.05) is 61.7 Å². The molecule has 2 aromatic heterocycles. The second-order valence-electron chi connectivity index (χ2n) is 10.0. The maximum atomic E-state index is 13.2. The van der Waals surface area contributed by atoms with Crippen LogP contribution in [0, 0.1) is 35.8 Å². The minimum Gasteiger partial charge on any atom is -0.373 e. The van der Waals surface area contributed by atoms with Gasteiger partial charge < -0.3 is 20.8 Å². The number of pyridine rings is 1. The average Bonchev–Trinajstić information content (AvgIpc) is 3.20. The lowest BCUT2D eigenvalue weighted by Crippen LogP contribution is -2.25. The molecule has 0 spiro atoms. The Balaban J connectivity index is 0.000000321. The SMILES string of the molecule is CNc1ccc(F)cn1.Cc1cc(Nc2ccc(F)cc2)c(C=N)cc1C12CN(Sc3cnn(C)n3)CC1C2C=O. The van der Waals surface area contributed by atoms with E-state index in [1.807, 2.05) is 19.1 Å². The third kappa shape index (κ3) is 5.84. The van der Waals surface area contributed by atoms with Gasteiger partial charge in [0.15, 0.2) is 5.03 Å². The number of nitrogens with zero attached hydrogens (tertiary/aromatic N) is 5. The van der Waals surface area contributed by atoms with Crippen LogP contribution >= 0.6 is 11.9 Å². The molecule has 6 rings (SSSR count). The van der Waals surface area contributed by atoms with Crippen molar-refractivity contribution in [3.8, 4) is 0 Å². The molecule has 0 amide bonds. The highest BCUT2D eigenvalue weighted by atomic mass is 32.2. The summed E-state index contributed by atoms with van der Waals surface area (Å²) in [7, 11) is 3.53. The summed E-state index contributed by atoms with van der Waals surface area (Å²) >= 11 is 1.57. The first-order valence-corrected chi connectivity index (χ1v) is 13.8. The van der Waals surface area contributed by atoms with Gasteiger partial charge in [0.2, 0.25) is 0 Å². The van der Waals surface area contributed by atoms with Crippen molar-refractivity contribution >= 4 is 41.6 Å². The second-order valence-corrected chi connectivity index (χ2v) is 11.2. The first kappa shape index (κ1) is 28.4. The van der Waals surface area contributed by atoms with Crippen molar-refractivity contribution in [1.82, 2.24) is 24.3 Å². The number of hydrogen-bond acceptors (Lipinski definition) is 9. The zero-order valence-corrected chi connectivity index (χ0v) is 23.6. The van der Waals surface area contributed by atoms with Gasteiger partial charge in [-0.05, 0) is 84.4 Å². The van der Waals surface area contributed by atoms with Gasteiger partial charge in [0.1, 0.15) is 23.7 Å². The first-order valence-electron chi connectivity index (χ1n) is 13.0. The maximum absolute atomic E-state index is 13.2. The summed E-state index contributed by atoms with van der Waals surface area (Å²) in [5.41, 5.74) is 4.22. The Morgan fingerprint density at radius 2 is 1.88 bits per heavy atom. The Bertz CT molecular complexity index is 1550. The molecule has 2 fully saturated rings. The summed E-state index contributed by atoms with van der Waals surface area (Å²) in [6.07, 6.45) is 5.32. The minimum atomic E-state index is -0.311. The van der Waals surface area contributed by atoms with E-state index in [1.54, 1.807) is 50.4 Å². The molecule has 2 aliphatic rings. The number of hydrogen-bond donors (Lipinski definition) is 3. The third-order valence-corrected chi connectivity index (χ3v) is 8.44. The zero-order chi connectivity index (χ0) is 29.1. The Morgan fingerprint density at radius 1 is 1.12 bits per heavy atom. The van der Waals surface area contributed by atoms with Crippen molar-refractivity contribution in [3.63, 3.8) is 0 Å². The molecule has 12 heteroatoms. The number of anilines is 3. The van der Waals surface area contributed by atoms with Crippen molar-refractivity contribution in [1.29, 1.82) is 5.41 Å². The highest BCUT2D eigenvalue weighted by Gasteiger charge is 2.70. The van der Waals surface area contributed by atoms with Crippen LogP contribution in [0.3, 0.4) is 0 Å². The lowest BCUT2D eigenvalue weighted by Gasteiger charge is -2.23. The van der Waals surface area contributed by atoms with Crippen LogP contribution in [0.1, 0.15) is 16.7 Å². The number of piperidine rings is 1. The van der Waals surface area contributed by atoms with Gasteiger partial charge in [-0.1, -0.05) is 0 Å². The number of rotatable bonds is 8. The van der Waals surface area contributed by atoms with Crippen molar-refractivity contribution in [2.75, 3.05) is 30.8 Å². The molecule has 3 atom stereocenters. The molecular formula is C29H30F2N8OS. The minimum absolute atomic E-state index is 0.0191. The van der Waals surface area contributed by atoms with Crippen LogP contribution < -0.4 is 10.6 Å². The monoisotopic (exact) mass is 576 g/mol. The maximum Gasteiger partial charge on any atom is 0.153 e. The fourth-order valence-electron chi connectivity index (χ4n) is 5.54. The predicted octanol–water partition coefficient (Wildman–Crippen LogP) is 4.97. The Hall–Kier alpha value is -4.16. The fraction of sp³-hybridized carbons (Fsp3) is 0.276. The van der Waals surface area contributed by atoms with E-state index >= 15 is 0 Å². The Kier molecular flexibility index (Phi) is 8.13. The molecule has 1 aliphatic carbocycles. The molecular weight excluding hydrogens is 546 g/mol. The van der Waals surface area contributed by atoms with Gasteiger partial charge >= 0.3 is 0 Å². The number of nitrogens with one attached hydrogen (secondary N) is 3. The van der Waals surface area contributed by atoms with E-state index in [1.165, 1.54) is 35.4 Å². The smallest absolute Gasteiger partial charge is 0.153 e. The molecule has 2 aromatic carbocycles. The molecule has 212 valence electrons. The Morgan fingerprint density at radius 3 is 2.49 bits per heavy atom. The quantitative estimate of drug-likeness (QED) is 0.153. The van der Waals surface area contributed by atoms with Crippen LogP contribution in [-0.2, 0) is 17.3 Å². The second kappa shape index (κ2) is 11.8. The van der Waals surface area contributed by atoms with Gasteiger partial charge in [0.05, 0.1) is 12.4 Å². The highest BCUT2D eigenvalue weighted by Crippen LogP contribution is 2.65. The van der Waals surface area contributed by atoms with E-state index in [0.717, 1.165) is 52.5 Å². The van der Waals surface area contributed by atoms with Crippen molar-refractivity contribution < 1.29 is 13.6 Å². The predicted molar refractivity (Wildman–Crippen MR) is 156 cm³/mol. The summed E-state index contributed by atoms with van der Waals surface area (Å²) in [6, 6.07) is 13.1. The number of carbonyl (C=O) groups excluding carboxylic acids is 1. The van der Waals surface area contributed by atoms with Crippen LogP contribution in [0.5, 0.6) is 0 Å². The lowest BCUT2D eigenvalue weighted by atomic mass is 9.87. The lowest BCUT2D eigenvalue weighted by molar-refractivity contribution is -0.109. The van der Waals surface area contributed by atoms with Gasteiger partial charge in [-0.2, -0.15) is 9.90 Å². The molecule has 1 saturated heterocycles. The van der Waals surface area contributed by atoms with Crippen LogP contribution in [0.2, 0.25) is 0 Å². The molecule has 9 nitrogen and oxygen atoms in total. The molecule has 4 aromatic rings. The molecule has 3 unspecified atom stereocenters. The first-order chi connectivity index (χ1) is 19.8. The number of benzene rings is 2. The van der Waals surface area contributed by atoms with E-state index < -0.39 is 0 Å². The Labute approximate surface area is 241 Å². The van der Waals surface area contributed by atoms with Crippen LogP contribution in [0.25, 0.3) is 0 Å². The van der Waals surface area contributed by atoms with E-state index in [0.29, 0.717) is 5.82 Å². The summed E-state index contributed by atoms with van der Waals surface area (Å²) in [5, 5.41) is 23.3. The van der Waals surface area contributed by atoms with Crippen LogP contribution in [0.15, 0.2) is 66.0 Å². The molecule has 1 aliphatic heterocycles. The number of aromatic nitrogens is 4. The molecule has 41 heavy (non-hydrogen) atoms. The fourth-order valence-corrected chi connectivity index (χ4v) is 6.57. The van der Waals surface area contributed by atoms with Gasteiger partial charge in [-0.15, -0.1) is 5.10 Å². The van der Waals surface area contributed by atoms with Crippen LogP contribution in [0.4, 0.5) is 26.0 Å². The van der Waals surface area contributed by atoms with Crippen molar-refractivity contribution in [2.24, 2.45) is 18.9 Å². The van der Waals surface area contributed by atoms with E-state index in [4.69, 9.17) is 5.41 Å². The van der Waals surface area contributed by atoms with E-state index in [-0.39, 0.29) is 28.9 Å². The highest BCUT2D eigenvalue weighted by molar-refractivity contribution is 7.97. The number of carbonyl (C=O) groups is 1. The summed E-state index contributed by atoms with van der Waals surface area (Å²) in [6.45, 7) is 3.59. The normalized spacial score (nSPS) is 20.9. The zero-order valence-electron chi connectivity index (χ0n) is 22.8. The topological polar surface area (TPSA) is 112 Å². The third-order valence-electron chi connectivity index (χ3n) is 7.53. The summed E-state index contributed by atoms with van der Waals surface area (Å²) in [4.78, 5) is 17.1. The molecule has 1 saturated carbocycles. The van der Waals surface area contributed by atoms with E-state index in [9.17, 15) is 13.6 Å². The molecule has 3 heterocycles. The number of aldehydes is 1. The van der Waals surface area contributed by atoms with E-state index in [2.05, 4.69) is 30.1 Å². The molecule has 3 N–H and O–H groups in total. The average molecular weight is 577 g/mol. The molecule has 0 radical (unpaired) electrons. The van der Waals surface area contributed by atoms with Gasteiger partial charge in [-0.25, -0.2) is 18.1 Å². The molecule has 0 bridgehead atoms. The van der Waals surface area contributed by atoms with Crippen LogP contribution in [-0.4, -0.2) is 56.9 Å².